The van der Waals surface area contributed by atoms with Crippen molar-refractivity contribution >= 4 is 15.9 Å². The number of nitrogens with zero attached hydrogens (tertiary/aromatic N) is 3. The largest absolute Gasteiger partial charge is 0.473 e. The fourth-order valence-electron chi connectivity index (χ4n) is 3.25. The highest BCUT2D eigenvalue weighted by atomic mass is 32.2. The van der Waals surface area contributed by atoms with E-state index in [4.69, 9.17) is 15.2 Å². The standard InChI is InChI=1S/C18H25FN4O5S/c19-9-14(10-20)13-28-17-2-1-16(11-21-17)29(25,26)23-4-3-15(12-23)18(24)22-5-7-27-8-6-22/h1-2,9,11,15H,3-8,10,12-13,20H2/t15-/m0/s1. The van der Waals surface area contributed by atoms with Gasteiger partial charge < -0.3 is 20.1 Å². The van der Waals surface area contributed by atoms with Crippen LogP contribution in [0.3, 0.4) is 0 Å². The summed E-state index contributed by atoms with van der Waals surface area (Å²) in [5.74, 6) is -0.205. The summed E-state index contributed by atoms with van der Waals surface area (Å²) in [7, 11) is -3.76. The van der Waals surface area contributed by atoms with Crippen LogP contribution >= 0.6 is 0 Å². The number of sulfonamides is 1. The van der Waals surface area contributed by atoms with E-state index in [1.54, 1.807) is 4.90 Å². The summed E-state index contributed by atoms with van der Waals surface area (Å²) in [5.41, 5.74) is 5.61. The summed E-state index contributed by atoms with van der Waals surface area (Å²) in [4.78, 5) is 18.3. The minimum atomic E-state index is -3.76. The Balaban J connectivity index is 1.61. The van der Waals surface area contributed by atoms with Gasteiger partial charge in [-0.15, -0.1) is 0 Å². The van der Waals surface area contributed by atoms with Crippen molar-refractivity contribution in [2.24, 2.45) is 11.7 Å². The minimum absolute atomic E-state index is 0.0161. The molecule has 2 aliphatic rings. The second-order valence-corrected chi connectivity index (χ2v) is 8.82. The molecule has 0 aliphatic carbocycles. The molecule has 1 aromatic heterocycles. The number of ether oxygens (including phenoxy) is 2. The van der Waals surface area contributed by atoms with Crippen molar-refractivity contribution in [2.75, 3.05) is 52.5 Å². The van der Waals surface area contributed by atoms with Gasteiger partial charge in [0.2, 0.25) is 21.8 Å². The molecule has 160 valence electrons. The Morgan fingerprint density at radius 2 is 2.10 bits per heavy atom. The number of nitrogens with two attached hydrogens (primary N) is 1. The fourth-order valence-corrected chi connectivity index (χ4v) is 4.69. The third-order valence-corrected chi connectivity index (χ3v) is 6.84. The lowest BCUT2D eigenvalue weighted by Gasteiger charge is -2.29. The molecule has 0 aromatic carbocycles. The van der Waals surface area contributed by atoms with Crippen molar-refractivity contribution in [1.82, 2.24) is 14.2 Å². The lowest BCUT2D eigenvalue weighted by atomic mass is 10.1. The normalized spacial score (nSPS) is 21.4. The summed E-state index contributed by atoms with van der Waals surface area (Å²) in [5, 5.41) is 0. The van der Waals surface area contributed by atoms with E-state index in [2.05, 4.69) is 4.98 Å². The zero-order valence-electron chi connectivity index (χ0n) is 16.0. The molecule has 29 heavy (non-hydrogen) atoms. The Morgan fingerprint density at radius 1 is 1.34 bits per heavy atom. The van der Waals surface area contributed by atoms with Crippen molar-refractivity contribution < 1.29 is 27.1 Å². The summed E-state index contributed by atoms with van der Waals surface area (Å²) < 4.78 is 50.1. The van der Waals surface area contributed by atoms with Crippen molar-refractivity contribution in [3.8, 4) is 5.88 Å². The molecule has 0 saturated carbocycles. The van der Waals surface area contributed by atoms with Crippen molar-refractivity contribution in [3.63, 3.8) is 0 Å². The number of rotatable bonds is 7. The van der Waals surface area contributed by atoms with Gasteiger partial charge in [0, 0.05) is 44.4 Å². The van der Waals surface area contributed by atoms with Crippen LogP contribution in [0.1, 0.15) is 6.42 Å². The van der Waals surface area contributed by atoms with Gasteiger partial charge in [0.1, 0.15) is 11.5 Å². The number of carbonyl (C=O) groups is 1. The number of halogens is 1. The predicted octanol–water partition coefficient (Wildman–Crippen LogP) is 0.142. The number of carbonyl (C=O) groups excluding carboxylic acids is 1. The highest BCUT2D eigenvalue weighted by Gasteiger charge is 2.37. The molecule has 2 aliphatic heterocycles. The maximum absolute atomic E-state index is 12.9. The average molecular weight is 428 g/mol. The molecule has 0 unspecified atom stereocenters. The second-order valence-electron chi connectivity index (χ2n) is 6.88. The van der Waals surface area contributed by atoms with E-state index in [9.17, 15) is 17.6 Å². The molecule has 0 radical (unpaired) electrons. The van der Waals surface area contributed by atoms with E-state index < -0.39 is 10.0 Å². The molecule has 9 nitrogen and oxygen atoms in total. The van der Waals surface area contributed by atoms with Crippen LogP contribution in [-0.2, 0) is 19.6 Å². The Morgan fingerprint density at radius 3 is 2.72 bits per heavy atom. The molecule has 3 heterocycles. The van der Waals surface area contributed by atoms with E-state index in [0.29, 0.717) is 39.1 Å². The summed E-state index contributed by atoms with van der Waals surface area (Å²) in [6.07, 6.45) is 2.06. The average Bonchev–Trinajstić information content (AvgIpc) is 3.26. The van der Waals surface area contributed by atoms with Crippen molar-refractivity contribution in [3.05, 3.63) is 30.2 Å². The van der Waals surface area contributed by atoms with Crippen LogP contribution in [0.15, 0.2) is 35.1 Å². The van der Waals surface area contributed by atoms with Gasteiger partial charge in [-0.3, -0.25) is 4.79 Å². The fraction of sp³-hybridized carbons (Fsp3) is 0.556. The van der Waals surface area contributed by atoms with Gasteiger partial charge in [-0.25, -0.2) is 17.8 Å². The van der Waals surface area contributed by atoms with E-state index in [1.807, 2.05) is 0 Å². The summed E-state index contributed by atoms with van der Waals surface area (Å²) in [6, 6.07) is 2.79. The molecule has 2 saturated heterocycles. The third kappa shape index (κ3) is 5.10. The first-order valence-electron chi connectivity index (χ1n) is 9.39. The van der Waals surface area contributed by atoms with Gasteiger partial charge in [0.25, 0.3) is 0 Å². The number of morpholine rings is 1. The summed E-state index contributed by atoms with van der Waals surface area (Å²) >= 11 is 0. The SMILES string of the molecule is NCC(=CF)COc1ccc(S(=O)(=O)N2CC[C@H](C(=O)N3CCOCC3)C2)cn1. The first-order valence-corrected chi connectivity index (χ1v) is 10.8. The molecule has 2 fully saturated rings. The Bertz CT molecular complexity index is 840. The maximum Gasteiger partial charge on any atom is 0.244 e. The third-order valence-electron chi connectivity index (χ3n) is 4.99. The molecular formula is C18H25FN4O5S. The van der Waals surface area contributed by atoms with Gasteiger partial charge in [0.15, 0.2) is 0 Å². The highest BCUT2D eigenvalue weighted by molar-refractivity contribution is 7.89. The van der Waals surface area contributed by atoms with Crippen LogP contribution in [0.5, 0.6) is 5.88 Å². The zero-order valence-corrected chi connectivity index (χ0v) is 16.8. The van der Waals surface area contributed by atoms with Crippen LogP contribution < -0.4 is 10.5 Å². The Hall–Kier alpha value is -2.08. The van der Waals surface area contributed by atoms with Gasteiger partial charge in [0.05, 0.1) is 31.7 Å². The van der Waals surface area contributed by atoms with Crippen LogP contribution in [0, 0.1) is 5.92 Å². The molecule has 0 bridgehead atoms. The van der Waals surface area contributed by atoms with Crippen LogP contribution in [0.4, 0.5) is 4.39 Å². The van der Waals surface area contributed by atoms with Crippen LogP contribution in [0.2, 0.25) is 0 Å². The number of pyridine rings is 1. The lowest BCUT2D eigenvalue weighted by Crippen LogP contribution is -2.44. The molecule has 1 aromatic rings. The predicted molar refractivity (Wildman–Crippen MR) is 102 cm³/mol. The van der Waals surface area contributed by atoms with E-state index in [0.717, 1.165) is 0 Å². The number of hydrogen-bond acceptors (Lipinski definition) is 7. The number of hydrogen-bond donors (Lipinski definition) is 1. The molecule has 1 amide bonds. The molecule has 2 N–H and O–H groups in total. The number of aromatic nitrogens is 1. The lowest BCUT2D eigenvalue weighted by molar-refractivity contribution is -0.139. The van der Waals surface area contributed by atoms with Gasteiger partial charge in [-0.1, -0.05) is 0 Å². The second kappa shape index (κ2) is 9.61. The van der Waals surface area contributed by atoms with E-state index >= 15 is 0 Å². The van der Waals surface area contributed by atoms with Gasteiger partial charge in [-0.05, 0) is 12.5 Å². The Kier molecular flexibility index (Phi) is 7.17. The first kappa shape index (κ1) is 21.6. The van der Waals surface area contributed by atoms with E-state index in [1.165, 1.54) is 22.6 Å². The molecular weight excluding hydrogens is 403 g/mol. The summed E-state index contributed by atoms with van der Waals surface area (Å²) in [6.45, 7) is 2.48. The van der Waals surface area contributed by atoms with Gasteiger partial charge >= 0.3 is 0 Å². The first-order chi connectivity index (χ1) is 14.0. The molecule has 0 spiro atoms. The highest BCUT2D eigenvalue weighted by Crippen LogP contribution is 2.26. The smallest absolute Gasteiger partial charge is 0.244 e. The molecule has 1 atom stereocenters. The molecule has 3 rings (SSSR count). The van der Waals surface area contributed by atoms with Gasteiger partial charge in [-0.2, -0.15) is 4.31 Å². The van der Waals surface area contributed by atoms with E-state index in [-0.39, 0.29) is 54.4 Å². The van der Waals surface area contributed by atoms with Crippen LogP contribution in [0.25, 0.3) is 0 Å². The van der Waals surface area contributed by atoms with Crippen LogP contribution in [-0.4, -0.2) is 81.1 Å². The van der Waals surface area contributed by atoms with Crippen molar-refractivity contribution in [2.45, 2.75) is 11.3 Å². The monoisotopic (exact) mass is 428 g/mol. The Labute approximate surface area is 169 Å². The maximum atomic E-state index is 12.9. The topological polar surface area (TPSA) is 115 Å². The minimum Gasteiger partial charge on any atom is -0.473 e. The number of amides is 1. The molecule has 11 heteroatoms. The zero-order chi connectivity index (χ0) is 20.9. The quantitative estimate of drug-likeness (QED) is 0.657. The van der Waals surface area contributed by atoms with Crippen molar-refractivity contribution in [1.29, 1.82) is 0 Å².